The maximum atomic E-state index is 11.1. The Labute approximate surface area is 124 Å². The number of ether oxygens (including phenoxy) is 1. The Balaban J connectivity index is 2.28. The van der Waals surface area contributed by atoms with E-state index in [1.165, 1.54) is 0 Å². The highest BCUT2D eigenvalue weighted by Gasteiger charge is 2.10. The molecule has 0 unspecified atom stereocenters. The molecular formula is C18H18O3. The second kappa shape index (κ2) is 6.75. The van der Waals surface area contributed by atoms with Crippen LogP contribution in [-0.4, -0.2) is 11.1 Å². The lowest BCUT2D eigenvalue weighted by atomic mass is 10.0. The lowest BCUT2D eigenvalue weighted by Crippen LogP contribution is -2.01. The zero-order chi connectivity index (χ0) is 15.2. The Morgan fingerprint density at radius 3 is 2.52 bits per heavy atom. The molecule has 0 amide bonds. The molecule has 21 heavy (non-hydrogen) atoms. The van der Waals surface area contributed by atoms with Gasteiger partial charge in [0.15, 0.2) is 0 Å². The summed E-state index contributed by atoms with van der Waals surface area (Å²) in [5.41, 5.74) is 3.14. The van der Waals surface area contributed by atoms with Crippen LogP contribution in [0.2, 0.25) is 0 Å². The van der Waals surface area contributed by atoms with E-state index < -0.39 is 5.97 Å². The minimum absolute atomic E-state index is 0.262. The van der Waals surface area contributed by atoms with E-state index in [0.717, 1.165) is 16.7 Å². The van der Waals surface area contributed by atoms with Gasteiger partial charge >= 0.3 is 5.97 Å². The number of hydrogen-bond donors (Lipinski definition) is 1. The SMILES string of the molecule is C/C=C(\C)c1cc(C(=O)O)ccc1OCc1ccccc1. The van der Waals surface area contributed by atoms with Gasteiger partial charge in [-0.2, -0.15) is 0 Å². The van der Waals surface area contributed by atoms with Gasteiger partial charge in [-0.1, -0.05) is 36.4 Å². The van der Waals surface area contributed by atoms with Crippen LogP contribution < -0.4 is 4.74 Å². The summed E-state index contributed by atoms with van der Waals surface area (Å²) < 4.78 is 5.85. The van der Waals surface area contributed by atoms with Crippen LogP contribution in [-0.2, 0) is 6.61 Å². The number of hydrogen-bond acceptors (Lipinski definition) is 2. The summed E-state index contributed by atoms with van der Waals surface area (Å²) >= 11 is 0. The molecule has 0 spiro atoms. The number of carboxylic acid groups (broad SMARTS) is 1. The van der Waals surface area contributed by atoms with Crippen LogP contribution in [0, 0.1) is 0 Å². The summed E-state index contributed by atoms with van der Waals surface area (Å²) in [7, 11) is 0. The van der Waals surface area contributed by atoms with E-state index in [0.29, 0.717) is 12.4 Å². The van der Waals surface area contributed by atoms with E-state index in [9.17, 15) is 4.79 Å². The Bertz CT molecular complexity index is 657. The van der Waals surface area contributed by atoms with Crippen LogP contribution in [0.3, 0.4) is 0 Å². The quantitative estimate of drug-likeness (QED) is 0.884. The lowest BCUT2D eigenvalue weighted by molar-refractivity contribution is 0.0697. The van der Waals surface area contributed by atoms with Gasteiger partial charge in [0, 0.05) is 5.56 Å². The molecule has 2 rings (SSSR count). The van der Waals surface area contributed by atoms with Crippen LogP contribution >= 0.6 is 0 Å². The van der Waals surface area contributed by atoms with Crippen molar-refractivity contribution in [2.24, 2.45) is 0 Å². The van der Waals surface area contributed by atoms with Crippen LogP contribution in [0.5, 0.6) is 5.75 Å². The number of allylic oxidation sites excluding steroid dienone is 2. The highest BCUT2D eigenvalue weighted by Crippen LogP contribution is 2.28. The Morgan fingerprint density at radius 1 is 1.19 bits per heavy atom. The van der Waals surface area contributed by atoms with Crippen molar-refractivity contribution in [1.82, 2.24) is 0 Å². The highest BCUT2D eigenvalue weighted by molar-refractivity contribution is 5.89. The number of carboxylic acids is 1. The molecule has 0 aliphatic heterocycles. The predicted octanol–water partition coefficient (Wildman–Crippen LogP) is 4.39. The van der Waals surface area contributed by atoms with E-state index in [2.05, 4.69) is 0 Å². The number of carbonyl (C=O) groups is 1. The van der Waals surface area contributed by atoms with E-state index in [-0.39, 0.29) is 5.56 Å². The van der Waals surface area contributed by atoms with Crippen molar-refractivity contribution in [3.63, 3.8) is 0 Å². The first-order valence-electron chi connectivity index (χ1n) is 6.79. The molecule has 3 nitrogen and oxygen atoms in total. The molecule has 0 aromatic heterocycles. The fraction of sp³-hybridized carbons (Fsp3) is 0.167. The molecule has 2 aromatic carbocycles. The first-order chi connectivity index (χ1) is 10.1. The fourth-order valence-electron chi connectivity index (χ4n) is 1.99. The molecule has 108 valence electrons. The standard InChI is InChI=1S/C18H18O3/c1-3-13(2)16-11-15(18(19)20)9-10-17(16)21-12-14-7-5-4-6-8-14/h3-11H,12H2,1-2H3,(H,19,20)/b13-3+. The molecule has 0 bridgehead atoms. The van der Waals surface area contributed by atoms with Gasteiger partial charge in [-0.15, -0.1) is 0 Å². The Morgan fingerprint density at radius 2 is 1.90 bits per heavy atom. The van der Waals surface area contributed by atoms with Gasteiger partial charge in [0.1, 0.15) is 12.4 Å². The third-order valence-corrected chi connectivity index (χ3v) is 3.32. The molecule has 0 fully saturated rings. The fourth-order valence-corrected chi connectivity index (χ4v) is 1.99. The van der Waals surface area contributed by atoms with Crippen LogP contribution in [0.25, 0.3) is 5.57 Å². The van der Waals surface area contributed by atoms with Crippen LogP contribution in [0.1, 0.15) is 35.3 Å². The molecular weight excluding hydrogens is 264 g/mol. The zero-order valence-corrected chi connectivity index (χ0v) is 12.2. The first kappa shape index (κ1) is 14.9. The van der Waals surface area contributed by atoms with E-state index in [4.69, 9.17) is 9.84 Å². The van der Waals surface area contributed by atoms with Gasteiger partial charge in [0.2, 0.25) is 0 Å². The molecule has 0 aliphatic rings. The van der Waals surface area contributed by atoms with Crippen molar-refractivity contribution in [3.8, 4) is 5.75 Å². The largest absolute Gasteiger partial charge is 0.488 e. The maximum absolute atomic E-state index is 11.1. The van der Waals surface area contributed by atoms with E-state index in [1.54, 1.807) is 18.2 Å². The molecule has 0 heterocycles. The molecule has 3 heteroatoms. The minimum atomic E-state index is -0.935. The number of aromatic carboxylic acids is 1. The second-order valence-corrected chi connectivity index (χ2v) is 4.76. The van der Waals surface area contributed by atoms with Crippen molar-refractivity contribution in [2.45, 2.75) is 20.5 Å². The smallest absolute Gasteiger partial charge is 0.335 e. The molecule has 0 radical (unpaired) electrons. The third kappa shape index (κ3) is 3.72. The van der Waals surface area contributed by atoms with E-state index >= 15 is 0 Å². The van der Waals surface area contributed by atoms with Crippen molar-refractivity contribution < 1.29 is 14.6 Å². The van der Waals surface area contributed by atoms with Gasteiger partial charge in [-0.05, 0) is 43.2 Å². The van der Waals surface area contributed by atoms with Gasteiger partial charge in [0.05, 0.1) is 5.56 Å². The summed E-state index contributed by atoms with van der Waals surface area (Å²) in [4.78, 5) is 11.1. The van der Waals surface area contributed by atoms with Crippen molar-refractivity contribution in [2.75, 3.05) is 0 Å². The first-order valence-corrected chi connectivity index (χ1v) is 6.79. The van der Waals surface area contributed by atoms with Crippen LogP contribution in [0.4, 0.5) is 0 Å². The van der Waals surface area contributed by atoms with Crippen molar-refractivity contribution in [1.29, 1.82) is 0 Å². The Hall–Kier alpha value is -2.55. The number of benzene rings is 2. The van der Waals surface area contributed by atoms with E-state index in [1.807, 2.05) is 50.3 Å². The number of rotatable bonds is 5. The van der Waals surface area contributed by atoms with Gasteiger partial charge in [-0.25, -0.2) is 4.79 Å². The predicted molar refractivity (Wildman–Crippen MR) is 83.5 cm³/mol. The Kier molecular flexibility index (Phi) is 4.77. The van der Waals surface area contributed by atoms with Crippen LogP contribution in [0.15, 0.2) is 54.6 Å². The van der Waals surface area contributed by atoms with Crippen molar-refractivity contribution in [3.05, 3.63) is 71.3 Å². The summed E-state index contributed by atoms with van der Waals surface area (Å²) in [6.45, 7) is 4.32. The zero-order valence-electron chi connectivity index (χ0n) is 12.2. The monoisotopic (exact) mass is 282 g/mol. The minimum Gasteiger partial charge on any atom is -0.488 e. The van der Waals surface area contributed by atoms with Gasteiger partial charge in [0.25, 0.3) is 0 Å². The summed E-state index contributed by atoms with van der Waals surface area (Å²) in [6, 6.07) is 14.8. The molecule has 0 saturated carbocycles. The molecule has 0 aliphatic carbocycles. The molecule has 0 saturated heterocycles. The average molecular weight is 282 g/mol. The summed E-state index contributed by atoms with van der Waals surface area (Å²) in [5, 5.41) is 9.10. The molecule has 2 aromatic rings. The second-order valence-electron chi connectivity index (χ2n) is 4.76. The maximum Gasteiger partial charge on any atom is 0.335 e. The lowest BCUT2D eigenvalue weighted by Gasteiger charge is -2.13. The summed E-state index contributed by atoms with van der Waals surface area (Å²) in [5.74, 6) is -0.241. The third-order valence-electron chi connectivity index (χ3n) is 3.32. The van der Waals surface area contributed by atoms with Gasteiger partial charge in [-0.3, -0.25) is 0 Å². The molecule has 0 atom stereocenters. The molecule has 1 N–H and O–H groups in total. The normalized spacial score (nSPS) is 11.2. The highest BCUT2D eigenvalue weighted by atomic mass is 16.5. The average Bonchev–Trinajstić information content (AvgIpc) is 2.52. The topological polar surface area (TPSA) is 46.5 Å². The summed E-state index contributed by atoms with van der Waals surface area (Å²) in [6.07, 6.45) is 1.94. The van der Waals surface area contributed by atoms with Crippen molar-refractivity contribution >= 4 is 11.5 Å². The van der Waals surface area contributed by atoms with Gasteiger partial charge < -0.3 is 9.84 Å².